The fourth-order valence-electron chi connectivity index (χ4n) is 2.25. The molecule has 0 aliphatic heterocycles. The van der Waals surface area contributed by atoms with Gasteiger partial charge in [0.05, 0.1) is 14.2 Å². The number of rotatable bonds is 4. The van der Waals surface area contributed by atoms with Crippen LogP contribution in [0.5, 0.6) is 11.5 Å². The summed E-state index contributed by atoms with van der Waals surface area (Å²) in [6.45, 7) is 4.77. The summed E-state index contributed by atoms with van der Waals surface area (Å²) in [4.78, 5) is 4.54. The van der Waals surface area contributed by atoms with E-state index in [9.17, 15) is 0 Å². The maximum atomic E-state index is 6.17. The highest BCUT2D eigenvalue weighted by Crippen LogP contribution is 2.39. The van der Waals surface area contributed by atoms with Crippen molar-refractivity contribution in [2.45, 2.75) is 20.4 Å². The molecule has 0 radical (unpaired) electrons. The molecule has 2 N–H and O–H groups in total. The lowest BCUT2D eigenvalue weighted by molar-refractivity contribution is 0.356. The maximum absolute atomic E-state index is 6.17. The largest absolute Gasteiger partial charge is 0.493 e. The van der Waals surface area contributed by atoms with E-state index in [0.717, 1.165) is 23.6 Å². The summed E-state index contributed by atoms with van der Waals surface area (Å²) in [6, 6.07) is 5.68. The number of methoxy groups -OCH3 is 2. The molecule has 0 aliphatic carbocycles. The van der Waals surface area contributed by atoms with E-state index in [2.05, 4.69) is 4.98 Å². The number of ether oxygens (including phenoxy) is 2. The quantitative estimate of drug-likeness (QED) is 0.918. The van der Waals surface area contributed by atoms with Gasteiger partial charge in [0.25, 0.3) is 0 Å². The van der Waals surface area contributed by atoms with Crippen molar-refractivity contribution in [3.63, 3.8) is 0 Å². The average Bonchev–Trinajstić information content (AvgIpc) is 2.72. The van der Waals surface area contributed by atoms with E-state index in [1.54, 1.807) is 14.2 Å². The molecule has 2 aromatic rings. The molecule has 19 heavy (non-hydrogen) atoms. The number of nitrogens with two attached hydrogens (primary N) is 1. The molecule has 2 rings (SSSR count). The van der Waals surface area contributed by atoms with Gasteiger partial charge in [-0.1, -0.05) is 6.07 Å². The van der Waals surface area contributed by atoms with Gasteiger partial charge >= 0.3 is 0 Å². The Labute approximate surface area is 113 Å². The molecule has 0 amide bonds. The zero-order valence-corrected chi connectivity index (χ0v) is 11.7. The fraction of sp³-hybridized carbons (Fsp3) is 0.357. The highest BCUT2D eigenvalue weighted by Gasteiger charge is 2.18. The molecule has 102 valence electrons. The number of benzene rings is 1. The first kappa shape index (κ1) is 13.3. The van der Waals surface area contributed by atoms with Crippen molar-refractivity contribution >= 4 is 5.82 Å². The third-order valence-corrected chi connectivity index (χ3v) is 3.17. The van der Waals surface area contributed by atoms with Gasteiger partial charge in [-0.2, -0.15) is 0 Å². The van der Waals surface area contributed by atoms with Crippen molar-refractivity contribution in [1.29, 1.82) is 0 Å². The number of nitrogen functional groups attached to an aromatic ring is 1. The molecule has 1 aromatic heterocycles. The van der Waals surface area contributed by atoms with Gasteiger partial charge in [0.1, 0.15) is 17.3 Å². The van der Waals surface area contributed by atoms with Gasteiger partial charge in [-0.05, 0) is 26.0 Å². The summed E-state index contributed by atoms with van der Waals surface area (Å²) >= 11 is 0. The first-order valence-electron chi connectivity index (χ1n) is 6.18. The van der Waals surface area contributed by atoms with Crippen LogP contribution in [0.3, 0.4) is 0 Å². The van der Waals surface area contributed by atoms with Gasteiger partial charge in [0.15, 0.2) is 11.5 Å². The summed E-state index contributed by atoms with van der Waals surface area (Å²) in [6.07, 6.45) is 0. The minimum Gasteiger partial charge on any atom is -0.493 e. The van der Waals surface area contributed by atoms with E-state index < -0.39 is 0 Å². The average molecular weight is 261 g/mol. The van der Waals surface area contributed by atoms with Crippen LogP contribution in [-0.2, 0) is 6.54 Å². The highest BCUT2D eigenvalue weighted by atomic mass is 16.5. The predicted octanol–water partition coefficient (Wildman–Crippen LogP) is 2.48. The normalized spacial score (nSPS) is 10.5. The van der Waals surface area contributed by atoms with Crippen molar-refractivity contribution in [2.75, 3.05) is 20.0 Å². The van der Waals surface area contributed by atoms with Crippen molar-refractivity contribution in [2.24, 2.45) is 0 Å². The number of aryl methyl sites for hydroxylation is 1. The minimum absolute atomic E-state index is 0.645. The lowest BCUT2D eigenvalue weighted by Gasteiger charge is -2.11. The first-order valence-corrected chi connectivity index (χ1v) is 6.18. The molecular formula is C14H19N3O2. The van der Waals surface area contributed by atoms with Crippen LogP contribution >= 0.6 is 0 Å². The topological polar surface area (TPSA) is 62.3 Å². The van der Waals surface area contributed by atoms with Crippen LogP contribution in [-0.4, -0.2) is 23.8 Å². The Morgan fingerprint density at radius 2 is 2.00 bits per heavy atom. The smallest absolute Gasteiger partial charge is 0.170 e. The van der Waals surface area contributed by atoms with E-state index in [4.69, 9.17) is 15.2 Å². The van der Waals surface area contributed by atoms with Crippen LogP contribution in [0.15, 0.2) is 18.2 Å². The molecule has 0 atom stereocenters. The number of imidazole rings is 1. The number of anilines is 1. The second-order valence-electron chi connectivity index (χ2n) is 4.18. The number of hydrogen-bond acceptors (Lipinski definition) is 4. The number of para-hydroxylation sites is 1. The van der Waals surface area contributed by atoms with Crippen LogP contribution in [0.4, 0.5) is 5.82 Å². The number of aromatic nitrogens is 2. The molecule has 0 saturated heterocycles. The Hall–Kier alpha value is -2.17. The van der Waals surface area contributed by atoms with Gasteiger partial charge in [-0.3, -0.25) is 0 Å². The van der Waals surface area contributed by atoms with Crippen LogP contribution in [0.25, 0.3) is 11.3 Å². The van der Waals surface area contributed by atoms with Crippen LogP contribution in [0.1, 0.15) is 12.7 Å². The van der Waals surface area contributed by atoms with E-state index in [0.29, 0.717) is 17.3 Å². The van der Waals surface area contributed by atoms with Gasteiger partial charge in [0.2, 0.25) is 0 Å². The molecule has 0 unspecified atom stereocenters. The third kappa shape index (κ3) is 2.12. The van der Waals surface area contributed by atoms with E-state index in [1.165, 1.54) is 0 Å². The molecule has 5 heteroatoms. The van der Waals surface area contributed by atoms with Crippen molar-refractivity contribution in [1.82, 2.24) is 9.55 Å². The second kappa shape index (κ2) is 5.22. The van der Waals surface area contributed by atoms with E-state index >= 15 is 0 Å². The molecular weight excluding hydrogens is 242 g/mol. The molecule has 1 heterocycles. The SMILES string of the molecule is CCn1c(C)nc(-c2cccc(OC)c2OC)c1N. The van der Waals surface area contributed by atoms with Crippen LogP contribution in [0.2, 0.25) is 0 Å². The van der Waals surface area contributed by atoms with Crippen molar-refractivity contribution in [3.8, 4) is 22.8 Å². The van der Waals surface area contributed by atoms with Gasteiger partial charge in [-0.15, -0.1) is 0 Å². The Kier molecular flexibility index (Phi) is 3.64. The number of nitrogens with zero attached hydrogens (tertiary/aromatic N) is 2. The Balaban J connectivity index is 2.65. The monoisotopic (exact) mass is 261 g/mol. The van der Waals surface area contributed by atoms with Crippen LogP contribution in [0, 0.1) is 6.92 Å². The van der Waals surface area contributed by atoms with Gasteiger partial charge < -0.3 is 19.8 Å². The Bertz CT molecular complexity index is 591. The number of hydrogen-bond donors (Lipinski definition) is 1. The standard InChI is InChI=1S/C14H19N3O2/c1-5-17-9(2)16-12(14(17)15)10-7-6-8-11(18-3)13(10)19-4/h6-8H,5,15H2,1-4H3. The zero-order valence-electron chi connectivity index (χ0n) is 11.7. The lowest BCUT2D eigenvalue weighted by atomic mass is 10.1. The molecule has 5 nitrogen and oxygen atoms in total. The van der Waals surface area contributed by atoms with E-state index in [-0.39, 0.29) is 0 Å². The third-order valence-electron chi connectivity index (χ3n) is 3.17. The summed E-state index contributed by atoms with van der Waals surface area (Å²) in [5.41, 5.74) is 7.74. The zero-order chi connectivity index (χ0) is 14.0. The lowest BCUT2D eigenvalue weighted by Crippen LogP contribution is -2.02. The predicted molar refractivity (Wildman–Crippen MR) is 75.6 cm³/mol. The molecule has 0 aliphatic rings. The Morgan fingerprint density at radius 3 is 2.53 bits per heavy atom. The van der Waals surface area contributed by atoms with Crippen molar-refractivity contribution in [3.05, 3.63) is 24.0 Å². The first-order chi connectivity index (χ1) is 9.13. The summed E-state index contributed by atoms with van der Waals surface area (Å²) in [5, 5.41) is 0. The maximum Gasteiger partial charge on any atom is 0.170 e. The molecule has 1 aromatic carbocycles. The molecule has 0 saturated carbocycles. The highest BCUT2D eigenvalue weighted by molar-refractivity contribution is 5.78. The van der Waals surface area contributed by atoms with Crippen molar-refractivity contribution < 1.29 is 9.47 Å². The second-order valence-corrected chi connectivity index (χ2v) is 4.18. The molecule has 0 spiro atoms. The minimum atomic E-state index is 0.645. The fourth-order valence-corrected chi connectivity index (χ4v) is 2.25. The summed E-state index contributed by atoms with van der Waals surface area (Å²) in [5.74, 6) is 2.85. The summed E-state index contributed by atoms with van der Waals surface area (Å²) in [7, 11) is 3.22. The van der Waals surface area contributed by atoms with Crippen LogP contribution < -0.4 is 15.2 Å². The van der Waals surface area contributed by atoms with E-state index in [1.807, 2.05) is 36.6 Å². The Morgan fingerprint density at radius 1 is 1.26 bits per heavy atom. The molecule has 0 fully saturated rings. The van der Waals surface area contributed by atoms with Gasteiger partial charge in [0, 0.05) is 12.1 Å². The van der Waals surface area contributed by atoms with Gasteiger partial charge in [-0.25, -0.2) is 4.98 Å². The summed E-state index contributed by atoms with van der Waals surface area (Å²) < 4.78 is 12.7. The molecule has 0 bridgehead atoms.